The third-order valence-electron chi connectivity index (χ3n) is 3.87. The largest absolute Gasteiger partial charge is 0.352 e. The van der Waals surface area contributed by atoms with Crippen LogP contribution in [0.3, 0.4) is 0 Å². The fourth-order valence-corrected chi connectivity index (χ4v) is 2.62. The Bertz CT molecular complexity index is 581. The summed E-state index contributed by atoms with van der Waals surface area (Å²) in [5.41, 5.74) is 0.861. The van der Waals surface area contributed by atoms with Gasteiger partial charge >= 0.3 is 0 Å². The maximum Gasteiger partial charge on any atom is 0.245 e. The topological polar surface area (TPSA) is 70.0 Å². The average molecular weight is 296 g/mol. The first-order valence-corrected chi connectivity index (χ1v) is 7.67. The predicted molar refractivity (Wildman–Crippen MR) is 84.6 cm³/mol. The molecule has 0 bridgehead atoms. The molecular weight excluding hydrogens is 276 g/mol. The molecule has 4 heteroatoms. The molecule has 0 radical (unpaired) electrons. The molecule has 1 aliphatic rings. The second-order valence-electron chi connectivity index (χ2n) is 5.55. The van der Waals surface area contributed by atoms with Crippen molar-refractivity contribution in [1.82, 2.24) is 5.32 Å². The molecule has 0 heterocycles. The van der Waals surface area contributed by atoms with Gasteiger partial charge in [0.05, 0.1) is 6.07 Å². The first kappa shape index (κ1) is 16.0. The Morgan fingerprint density at radius 3 is 2.50 bits per heavy atom. The van der Waals surface area contributed by atoms with Crippen molar-refractivity contribution in [3.8, 4) is 6.07 Å². The highest BCUT2D eigenvalue weighted by molar-refractivity contribution is 6.10. The Balaban J connectivity index is 1.95. The predicted octanol–water partition coefficient (Wildman–Crippen LogP) is 2.86. The van der Waals surface area contributed by atoms with E-state index in [2.05, 4.69) is 5.32 Å². The number of nitrogens with one attached hydrogen (secondary N) is 1. The molecule has 1 amide bonds. The summed E-state index contributed by atoms with van der Waals surface area (Å²) in [4.78, 5) is 24.2. The van der Waals surface area contributed by atoms with Gasteiger partial charge in [0.2, 0.25) is 5.91 Å². The second kappa shape index (κ2) is 8.14. The van der Waals surface area contributed by atoms with Crippen LogP contribution in [0.2, 0.25) is 0 Å². The summed E-state index contributed by atoms with van der Waals surface area (Å²) in [6.45, 7) is 0. The molecule has 1 aliphatic carbocycles. The van der Waals surface area contributed by atoms with Gasteiger partial charge in [0.15, 0.2) is 11.7 Å². The van der Waals surface area contributed by atoms with Gasteiger partial charge in [-0.15, -0.1) is 0 Å². The zero-order chi connectivity index (χ0) is 15.8. The van der Waals surface area contributed by atoms with Gasteiger partial charge in [0, 0.05) is 6.04 Å². The van der Waals surface area contributed by atoms with Crippen LogP contribution < -0.4 is 5.32 Å². The molecule has 1 atom stereocenters. The fraction of sp³-hybridized carbons (Fsp3) is 0.389. The normalized spacial score (nSPS) is 16.9. The number of carbonyl (C=O) groups excluding carboxylic acids is 2. The van der Waals surface area contributed by atoms with Crippen molar-refractivity contribution >= 4 is 17.8 Å². The number of ketones is 1. The highest BCUT2D eigenvalue weighted by atomic mass is 16.2. The summed E-state index contributed by atoms with van der Waals surface area (Å²) in [5, 5.41) is 12.0. The van der Waals surface area contributed by atoms with Gasteiger partial charge in [-0.1, -0.05) is 55.7 Å². The van der Waals surface area contributed by atoms with Crippen molar-refractivity contribution in [2.75, 3.05) is 0 Å². The molecule has 0 aliphatic heterocycles. The van der Waals surface area contributed by atoms with Crippen LogP contribution in [-0.2, 0) is 9.59 Å². The lowest BCUT2D eigenvalue weighted by molar-refractivity contribution is -0.130. The first-order chi connectivity index (χ1) is 10.7. The zero-order valence-corrected chi connectivity index (χ0v) is 12.5. The Morgan fingerprint density at radius 1 is 1.18 bits per heavy atom. The van der Waals surface area contributed by atoms with Crippen molar-refractivity contribution < 1.29 is 9.59 Å². The third-order valence-corrected chi connectivity index (χ3v) is 3.87. The van der Waals surface area contributed by atoms with Crippen LogP contribution in [0.4, 0.5) is 0 Å². The molecule has 0 aromatic heterocycles. The van der Waals surface area contributed by atoms with Crippen molar-refractivity contribution in [2.24, 2.45) is 5.92 Å². The van der Waals surface area contributed by atoms with Gasteiger partial charge in [-0.3, -0.25) is 9.59 Å². The van der Waals surface area contributed by atoms with Gasteiger partial charge in [0.25, 0.3) is 0 Å². The smallest absolute Gasteiger partial charge is 0.245 e. The lowest BCUT2D eigenvalue weighted by atomic mass is 9.94. The SMILES string of the molecule is N#CC(C(=O)C=Cc1ccccc1)C(=O)NC1CCCCC1. The van der Waals surface area contributed by atoms with Crippen molar-refractivity contribution in [1.29, 1.82) is 5.26 Å². The zero-order valence-electron chi connectivity index (χ0n) is 12.5. The van der Waals surface area contributed by atoms with Crippen molar-refractivity contribution in [3.63, 3.8) is 0 Å². The Labute approximate surface area is 130 Å². The molecule has 114 valence electrons. The van der Waals surface area contributed by atoms with Crippen LogP contribution in [0.1, 0.15) is 37.7 Å². The maximum atomic E-state index is 12.1. The van der Waals surface area contributed by atoms with Gasteiger partial charge in [0.1, 0.15) is 0 Å². The standard InChI is InChI=1S/C18H20N2O2/c19-13-16(18(22)20-15-9-5-2-6-10-15)17(21)12-11-14-7-3-1-4-8-14/h1,3-4,7-8,11-12,15-16H,2,5-6,9-10H2,(H,20,22). The number of hydrogen-bond acceptors (Lipinski definition) is 3. The van der Waals surface area contributed by atoms with Gasteiger partial charge in [-0.25, -0.2) is 0 Å². The first-order valence-electron chi connectivity index (χ1n) is 7.67. The minimum Gasteiger partial charge on any atom is -0.352 e. The summed E-state index contributed by atoms with van der Waals surface area (Å²) in [6.07, 6.45) is 8.15. The van der Waals surface area contributed by atoms with E-state index in [4.69, 9.17) is 5.26 Å². The average Bonchev–Trinajstić information content (AvgIpc) is 2.55. The third kappa shape index (κ3) is 4.56. The number of amides is 1. The molecule has 4 nitrogen and oxygen atoms in total. The number of allylic oxidation sites excluding steroid dienone is 1. The van der Waals surface area contributed by atoms with E-state index in [-0.39, 0.29) is 6.04 Å². The van der Waals surface area contributed by atoms with E-state index in [9.17, 15) is 9.59 Å². The number of nitrogens with zero attached hydrogens (tertiary/aromatic N) is 1. The number of benzene rings is 1. The van der Waals surface area contributed by atoms with E-state index >= 15 is 0 Å². The Morgan fingerprint density at radius 2 is 1.86 bits per heavy atom. The summed E-state index contributed by atoms with van der Waals surface area (Å²) in [5.74, 6) is -2.21. The van der Waals surface area contributed by atoms with Crippen molar-refractivity contribution in [2.45, 2.75) is 38.1 Å². The van der Waals surface area contributed by atoms with E-state index in [0.29, 0.717) is 0 Å². The molecule has 1 fully saturated rings. The van der Waals surface area contributed by atoms with E-state index in [1.165, 1.54) is 12.5 Å². The summed E-state index contributed by atoms with van der Waals surface area (Å²) in [6, 6.07) is 11.2. The molecule has 0 saturated heterocycles. The number of nitriles is 1. The summed E-state index contributed by atoms with van der Waals surface area (Å²) in [7, 11) is 0. The highest BCUT2D eigenvalue weighted by Gasteiger charge is 2.26. The van der Waals surface area contributed by atoms with Gasteiger partial charge in [-0.2, -0.15) is 5.26 Å². The lowest BCUT2D eigenvalue weighted by Crippen LogP contribution is -2.41. The minimum atomic E-state index is -1.26. The number of carbonyl (C=O) groups is 2. The fourth-order valence-electron chi connectivity index (χ4n) is 2.62. The molecule has 1 saturated carbocycles. The quantitative estimate of drug-likeness (QED) is 0.671. The summed E-state index contributed by atoms with van der Waals surface area (Å²) < 4.78 is 0. The van der Waals surface area contributed by atoms with Gasteiger partial charge < -0.3 is 5.32 Å². The molecule has 1 unspecified atom stereocenters. The Kier molecular flexibility index (Phi) is 5.91. The second-order valence-corrected chi connectivity index (χ2v) is 5.55. The van der Waals surface area contributed by atoms with E-state index in [1.54, 1.807) is 6.08 Å². The van der Waals surface area contributed by atoms with Crippen molar-refractivity contribution in [3.05, 3.63) is 42.0 Å². The molecule has 1 aromatic rings. The molecule has 1 N–H and O–H groups in total. The molecular formula is C18H20N2O2. The minimum absolute atomic E-state index is 0.100. The van der Waals surface area contributed by atoms with Crippen LogP contribution in [0.15, 0.2) is 36.4 Å². The monoisotopic (exact) mass is 296 g/mol. The number of hydrogen-bond donors (Lipinski definition) is 1. The van der Waals surface area contributed by atoms with E-state index < -0.39 is 17.6 Å². The Hall–Kier alpha value is -2.41. The molecule has 1 aromatic carbocycles. The van der Waals surface area contributed by atoms with E-state index in [1.807, 2.05) is 36.4 Å². The maximum absolute atomic E-state index is 12.1. The van der Waals surface area contributed by atoms with E-state index in [0.717, 1.165) is 31.2 Å². The highest BCUT2D eigenvalue weighted by Crippen LogP contribution is 2.18. The van der Waals surface area contributed by atoms with Crippen LogP contribution in [0.5, 0.6) is 0 Å². The molecule has 22 heavy (non-hydrogen) atoms. The van der Waals surface area contributed by atoms with Crippen LogP contribution in [-0.4, -0.2) is 17.7 Å². The molecule has 0 spiro atoms. The number of rotatable bonds is 5. The van der Waals surface area contributed by atoms with Crippen LogP contribution in [0.25, 0.3) is 6.08 Å². The van der Waals surface area contributed by atoms with Crippen LogP contribution >= 0.6 is 0 Å². The summed E-state index contributed by atoms with van der Waals surface area (Å²) >= 11 is 0. The van der Waals surface area contributed by atoms with Crippen LogP contribution in [0, 0.1) is 17.2 Å². The van der Waals surface area contributed by atoms with Gasteiger partial charge in [-0.05, 0) is 24.5 Å². The molecule has 2 rings (SSSR count). The lowest BCUT2D eigenvalue weighted by Gasteiger charge is -2.23.